The van der Waals surface area contributed by atoms with E-state index in [1.165, 1.54) is 7.11 Å². The van der Waals surface area contributed by atoms with E-state index >= 15 is 0 Å². The van der Waals surface area contributed by atoms with Crippen LogP contribution in [0.4, 0.5) is 0 Å². The molecule has 4 nitrogen and oxygen atoms in total. The summed E-state index contributed by atoms with van der Waals surface area (Å²) in [5.74, 6) is -0.119. The molecule has 2 aliphatic rings. The van der Waals surface area contributed by atoms with Crippen LogP contribution in [-0.2, 0) is 14.3 Å². The second-order valence-corrected chi connectivity index (χ2v) is 4.44. The van der Waals surface area contributed by atoms with Crippen LogP contribution in [0, 0.1) is 0 Å². The highest BCUT2D eigenvalue weighted by Crippen LogP contribution is 2.33. The lowest BCUT2D eigenvalue weighted by atomic mass is 9.76. The summed E-state index contributed by atoms with van der Waals surface area (Å²) in [6, 6.07) is 0. The molecule has 86 valence electrons. The maximum absolute atomic E-state index is 11.6. The number of hydrogen-bond donors (Lipinski definition) is 1. The van der Waals surface area contributed by atoms with Crippen LogP contribution in [-0.4, -0.2) is 37.9 Å². The molecule has 1 aliphatic heterocycles. The number of carbonyl (C=O) groups excluding carboxylic acids is 1. The molecule has 2 fully saturated rings. The molecular weight excluding hydrogens is 194 g/mol. The van der Waals surface area contributed by atoms with Crippen molar-refractivity contribution in [3.63, 3.8) is 0 Å². The van der Waals surface area contributed by atoms with E-state index in [0.29, 0.717) is 0 Å². The van der Waals surface area contributed by atoms with E-state index in [-0.39, 0.29) is 12.1 Å². The average molecular weight is 213 g/mol. The van der Waals surface area contributed by atoms with Gasteiger partial charge in [0.25, 0.3) is 0 Å². The maximum Gasteiger partial charge on any atom is 0.326 e. The third-order valence-electron chi connectivity index (χ3n) is 3.48. The minimum atomic E-state index is -0.402. The Labute approximate surface area is 90.3 Å². The predicted molar refractivity (Wildman–Crippen MR) is 55.6 cm³/mol. The van der Waals surface area contributed by atoms with Crippen molar-refractivity contribution < 1.29 is 14.3 Å². The second kappa shape index (κ2) is 4.49. The molecule has 1 saturated heterocycles. The molecule has 0 spiro atoms. The third kappa shape index (κ3) is 2.16. The summed E-state index contributed by atoms with van der Waals surface area (Å²) in [4.78, 5) is 11.6. The Balaban J connectivity index is 1.82. The Bertz CT molecular complexity index is 232. The topological polar surface area (TPSA) is 47.6 Å². The summed E-state index contributed by atoms with van der Waals surface area (Å²) in [7, 11) is 1.45. The van der Waals surface area contributed by atoms with Crippen molar-refractivity contribution in [2.24, 2.45) is 0 Å². The SMILES string of the molecule is COC(=O)C1(NCC2CCCO2)CCC1. The summed E-state index contributed by atoms with van der Waals surface area (Å²) in [6.45, 7) is 1.63. The van der Waals surface area contributed by atoms with Gasteiger partial charge in [-0.15, -0.1) is 0 Å². The number of esters is 1. The summed E-state index contributed by atoms with van der Waals surface area (Å²) >= 11 is 0. The highest BCUT2D eigenvalue weighted by molar-refractivity contribution is 5.81. The molecule has 0 bridgehead atoms. The molecule has 15 heavy (non-hydrogen) atoms. The van der Waals surface area contributed by atoms with Gasteiger partial charge in [-0.3, -0.25) is 10.1 Å². The smallest absolute Gasteiger partial charge is 0.326 e. The lowest BCUT2D eigenvalue weighted by molar-refractivity contribution is -0.152. The van der Waals surface area contributed by atoms with E-state index in [2.05, 4.69) is 5.32 Å². The molecule has 1 aliphatic carbocycles. The van der Waals surface area contributed by atoms with Crippen LogP contribution in [0.25, 0.3) is 0 Å². The van der Waals surface area contributed by atoms with Gasteiger partial charge in [0.1, 0.15) is 5.54 Å². The summed E-state index contributed by atoms with van der Waals surface area (Å²) in [5.41, 5.74) is -0.402. The molecule has 4 heteroatoms. The normalized spacial score (nSPS) is 28.5. The Hall–Kier alpha value is -0.610. The number of hydrogen-bond acceptors (Lipinski definition) is 4. The fraction of sp³-hybridized carbons (Fsp3) is 0.909. The zero-order valence-corrected chi connectivity index (χ0v) is 9.25. The van der Waals surface area contributed by atoms with Crippen LogP contribution in [0.2, 0.25) is 0 Å². The van der Waals surface area contributed by atoms with Gasteiger partial charge in [0, 0.05) is 13.2 Å². The predicted octanol–water partition coefficient (Wildman–Crippen LogP) is 0.851. The molecule has 1 heterocycles. The Kier molecular flexibility index (Phi) is 3.26. The fourth-order valence-corrected chi connectivity index (χ4v) is 2.29. The van der Waals surface area contributed by atoms with Gasteiger partial charge in [-0.05, 0) is 32.1 Å². The summed E-state index contributed by atoms with van der Waals surface area (Å²) in [5, 5.41) is 3.33. The van der Waals surface area contributed by atoms with E-state index < -0.39 is 5.54 Å². The van der Waals surface area contributed by atoms with Crippen LogP contribution < -0.4 is 5.32 Å². The fourth-order valence-electron chi connectivity index (χ4n) is 2.29. The van der Waals surface area contributed by atoms with Gasteiger partial charge in [-0.25, -0.2) is 0 Å². The number of nitrogens with one attached hydrogen (secondary N) is 1. The van der Waals surface area contributed by atoms with E-state index in [4.69, 9.17) is 9.47 Å². The van der Waals surface area contributed by atoms with Gasteiger partial charge in [0.2, 0.25) is 0 Å². The zero-order chi connectivity index (χ0) is 10.7. The maximum atomic E-state index is 11.6. The number of ether oxygens (including phenoxy) is 2. The van der Waals surface area contributed by atoms with Crippen molar-refractivity contribution in [3.05, 3.63) is 0 Å². The summed E-state index contributed by atoms with van der Waals surface area (Å²) < 4.78 is 10.3. The standard InChI is InChI=1S/C11H19NO3/c1-14-10(13)11(5-3-6-11)12-8-9-4-2-7-15-9/h9,12H,2-8H2,1H3. The average Bonchev–Trinajstić information content (AvgIpc) is 2.68. The minimum Gasteiger partial charge on any atom is -0.468 e. The molecule has 0 radical (unpaired) electrons. The monoisotopic (exact) mass is 213 g/mol. The van der Waals surface area contributed by atoms with Crippen molar-refractivity contribution in [3.8, 4) is 0 Å². The Morgan fingerprint density at radius 1 is 1.53 bits per heavy atom. The van der Waals surface area contributed by atoms with E-state index in [9.17, 15) is 4.79 Å². The quantitative estimate of drug-likeness (QED) is 0.703. The lowest BCUT2D eigenvalue weighted by Crippen LogP contribution is -2.59. The lowest BCUT2D eigenvalue weighted by Gasteiger charge is -2.40. The first-order chi connectivity index (χ1) is 7.27. The van der Waals surface area contributed by atoms with Crippen molar-refractivity contribution in [1.29, 1.82) is 0 Å². The van der Waals surface area contributed by atoms with Crippen LogP contribution in [0.5, 0.6) is 0 Å². The highest BCUT2D eigenvalue weighted by atomic mass is 16.5. The molecular formula is C11H19NO3. The van der Waals surface area contributed by atoms with Crippen LogP contribution in [0.3, 0.4) is 0 Å². The number of carbonyl (C=O) groups is 1. The van der Waals surface area contributed by atoms with Gasteiger partial charge >= 0.3 is 5.97 Å². The second-order valence-electron chi connectivity index (χ2n) is 4.44. The van der Waals surface area contributed by atoms with Gasteiger partial charge in [-0.1, -0.05) is 0 Å². The molecule has 1 N–H and O–H groups in total. The van der Waals surface area contributed by atoms with Gasteiger partial charge in [-0.2, -0.15) is 0 Å². The number of rotatable bonds is 4. The molecule has 0 aromatic rings. The molecule has 0 amide bonds. The first kappa shape index (κ1) is 10.9. The van der Waals surface area contributed by atoms with E-state index in [1.807, 2.05) is 0 Å². The largest absolute Gasteiger partial charge is 0.468 e. The molecule has 1 atom stereocenters. The highest BCUT2D eigenvalue weighted by Gasteiger charge is 2.45. The van der Waals surface area contributed by atoms with Gasteiger partial charge < -0.3 is 9.47 Å². The van der Waals surface area contributed by atoms with Crippen molar-refractivity contribution in [1.82, 2.24) is 5.32 Å². The summed E-state index contributed by atoms with van der Waals surface area (Å²) in [6.07, 6.45) is 5.42. The minimum absolute atomic E-state index is 0.119. The first-order valence-corrected chi connectivity index (χ1v) is 5.72. The zero-order valence-electron chi connectivity index (χ0n) is 9.25. The van der Waals surface area contributed by atoms with Crippen LogP contribution >= 0.6 is 0 Å². The van der Waals surface area contributed by atoms with Crippen molar-refractivity contribution in [2.75, 3.05) is 20.3 Å². The van der Waals surface area contributed by atoms with E-state index in [1.54, 1.807) is 0 Å². The molecule has 0 aromatic heterocycles. The molecule has 1 saturated carbocycles. The number of methoxy groups -OCH3 is 1. The third-order valence-corrected chi connectivity index (χ3v) is 3.48. The van der Waals surface area contributed by atoms with Crippen LogP contribution in [0.15, 0.2) is 0 Å². The Morgan fingerprint density at radius 2 is 2.33 bits per heavy atom. The van der Waals surface area contributed by atoms with Crippen molar-refractivity contribution in [2.45, 2.75) is 43.7 Å². The first-order valence-electron chi connectivity index (χ1n) is 5.72. The van der Waals surface area contributed by atoms with E-state index in [0.717, 1.165) is 45.3 Å². The van der Waals surface area contributed by atoms with Gasteiger partial charge in [0.15, 0.2) is 0 Å². The molecule has 0 aromatic carbocycles. The van der Waals surface area contributed by atoms with Crippen molar-refractivity contribution >= 4 is 5.97 Å². The molecule has 1 unspecified atom stereocenters. The van der Waals surface area contributed by atoms with Crippen LogP contribution in [0.1, 0.15) is 32.1 Å². The van der Waals surface area contributed by atoms with Gasteiger partial charge in [0.05, 0.1) is 13.2 Å². The Morgan fingerprint density at radius 3 is 2.80 bits per heavy atom. The molecule has 2 rings (SSSR count).